The molecule has 4 heterocycles. The molecule has 7 nitrogen and oxygen atoms in total. The number of hydrogen-bond acceptors (Lipinski definition) is 5. The number of aryl methyl sites for hydroxylation is 1. The molecule has 0 aliphatic carbocycles. The van der Waals surface area contributed by atoms with Crippen LogP contribution in [0, 0.1) is 5.92 Å². The Morgan fingerprint density at radius 2 is 1.97 bits per heavy atom. The topological polar surface area (TPSA) is 84.8 Å². The lowest BCUT2D eigenvalue weighted by Gasteiger charge is -2.22. The number of nitrogens with one attached hydrogen (secondary N) is 2. The number of fused-ring (bicyclic) bond motifs is 1. The summed E-state index contributed by atoms with van der Waals surface area (Å²) in [7, 11) is 0. The number of hydrogen-bond donors (Lipinski definition) is 2. The van der Waals surface area contributed by atoms with E-state index in [9.17, 15) is 4.79 Å². The van der Waals surface area contributed by atoms with Gasteiger partial charge in [0, 0.05) is 43.4 Å². The predicted octanol–water partition coefficient (Wildman–Crippen LogP) is 5.47. The SMILES string of the molecule is CC(C)CCn1cc(-c2cc3cc[nH]c(=O)c3c(Nc3ccc(C4CCOCC4)cc3)n2)cn1. The molecule has 0 radical (unpaired) electrons. The van der Waals surface area contributed by atoms with Crippen molar-refractivity contribution < 1.29 is 4.74 Å². The van der Waals surface area contributed by atoms with Gasteiger partial charge in [-0.05, 0) is 66.3 Å². The van der Waals surface area contributed by atoms with Gasteiger partial charge >= 0.3 is 0 Å². The Morgan fingerprint density at radius 3 is 2.74 bits per heavy atom. The zero-order chi connectivity index (χ0) is 23.5. The maximum atomic E-state index is 12.7. The number of H-pyrrole nitrogens is 1. The fraction of sp³-hybridized carbons (Fsp3) is 0.370. The highest BCUT2D eigenvalue weighted by molar-refractivity contribution is 5.95. The average molecular weight is 458 g/mol. The lowest BCUT2D eigenvalue weighted by Crippen LogP contribution is -2.14. The van der Waals surface area contributed by atoms with E-state index in [0.717, 1.165) is 61.4 Å². The molecular formula is C27H31N5O2. The van der Waals surface area contributed by atoms with Crippen molar-refractivity contribution in [3.63, 3.8) is 0 Å². The van der Waals surface area contributed by atoms with Crippen molar-refractivity contribution in [2.24, 2.45) is 5.92 Å². The second-order valence-corrected chi connectivity index (χ2v) is 9.44. The number of pyridine rings is 2. The van der Waals surface area contributed by atoms with E-state index < -0.39 is 0 Å². The van der Waals surface area contributed by atoms with E-state index >= 15 is 0 Å². The molecule has 7 heteroatoms. The number of ether oxygens (including phenoxy) is 1. The molecule has 0 atom stereocenters. The molecule has 1 fully saturated rings. The highest BCUT2D eigenvalue weighted by Gasteiger charge is 2.16. The van der Waals surface area contributed by atoms with Crippen LogP contribution in [0.15, 0.2) is 59.8 Å². The Hall–Kier alpha value is -3.45. The average Bonchev–Trinajstić information content (AvgIpc) is 3.33. The molecule has 3 aromatic heterocycles. The summed E-state index contributed by atoms with van der Waals surface area (Å²) in [4.78, 5) is 20.3. The van der Waals surface area contributed by atoms with Crippen LogP contribution >= 0.6 is 0 Å². The first-order valence-corrected chi connectivity index (χ1v) is 12.1. The van der Waals surface area contributed by atoms with Gasteiger partial charge in [-0.15, -0.1) is 0 Å². The van der Waals surface area contributed by atoms with Gasteiger partial charge in [0.2, 0.25) is 0 Å². The van der Waals surface area contributed by atoms with Crippen LogP contribution in [0.5, 0.6) is 0 Å². The second-order valence-electron chi connectivity index (χ2n) is 9.44. The first-order valence-electron chi connectivity index (χ1n) is 12.1. The second kappa shape index (κ2) is 9.81. The minimum atomic E-state index is -0.162. The van der Waals surface area contributed by atoms with Crippen LogP contribution in [0.1, 0.15) is 44.6 Å². The Bertz CT molecular complexity index is 1320. The lowest BCUT2D eigenvalue weighted by molar-refractivity contribution is 0.0853. The van der Waals surface area contributed by atoms with Crippen LogP contribution in [0.3, 0.4) is 0 Å². The highest BCUT2D eigenvalue weighted by atomic mass is 16.5. The molecule has 1 aromatic carbocycles. The molecule has 176 valence electrons. The third kappa shape index (κ3) is 4.89. The zero-order valence-corrected chi connectivity index (χ0v) is 19.8. The van der Waals surface area contributed by atoms with Gasteiger partial charge in [-0.1, -0.05) is 26.0 Å². The summed E-state index contributed by atoms with van der Waals surface area (Å²) >= 11 is 0. The summed E-state index contributed by atoms with van der Waals surface area (Å²) in [6.45, 7) is 6.94. The lowest BCUT2D eigenvalue weighted by atomic mass is 9.92. The number of nitrogens with zero attached hydrogens (tertiary/aromatic N) is 3. The van der Waals surface area contributed by atoms with Gasteiger partial charge in [-0.2, -0.15) is 5.10 Å². The van der Waals surface area contributed by atoms with Crippen molar-refractivity contribution in [3.8, 4) is 11.3 Å². The number of benzene rings is 1. The normalized spacial score (nSPS) is 14.7. The van der Waals surface area contributed by atoms with Gasteiger partial charge in [0.05, 0.1) is 17.3 Å². The quantitative estimate of drug-likeness (QED) is 0.384. The van der Waals surface area contributed by atoms with Crippen molar-refractivity contribution in [2.45, 2.75) is 45.6 Å². The minimum Gasteiger partial charge on any atom is -0.381 e. The van der Waals surface area contributed by atoms with Crippen LogP contribution in [0.4, 0.5) is 11.5 Å². The van der Waals surface area contributed by atoms with E-state index in [1.807, 2.05) is 29.2 Å². The minimum absolute atomic E-state index is 0.162. The molecule has 5 rings (SSSR count). The van der Waals surface area contributed by atoms with E-state index in [4.69, 9.17) is 9.72 Å². The maximum Gasteiger partial charge on any atom is 0.259 e. The molecule has 0 amide bonds. The van der Waals surface area contributed by atoms with Crippen molar-refractivity contribution in [1.82, 2.24) is 19.7 Å². The van der Waals surface area contributed by atoms with Gasteiger partial charge in [-0.3, -0.25) is 9.48 Å². The number of aromatic amines is 1. The van der Waals surface area contributed by atoms with Crippen LogP contribution < -0.4 is 10.9 Å². The number of aromatic nitrogens is 4. The molecule has 1 saturated heterocycles. The third-order valence-electron chi connectivity index (χ3n) is 6.49. The third-order valence-corrected chi connectivity index (χ3v) is 6.49. The molecule has 2 N–H and O–H groups in total. The van der Waals surface area contributed by atoms with Gasteiger partial charge in [-0.25, -0.2) is 4.98 Å². The molecule has 0 unspecified atom stereocenters. The number of rotatable bonds is 7. The summed E-state index contributed by atoms with van der Waals surface area (Å²) in [5.41, 5.74) is 3.79. The zero-order valence-electron chi connectivity index (χ0n) is 19.8. The first kappa shape index (κ1) is 22.3. The Balaban J connectivity index is 1.46. The van der Waals surface area contributed by atoms with Crippen LogP contribution in [-0.2, 0) is 11.3 Å². The molecule has 0 spiro atoms. The monoisotopic (exact) mass is 457 g/mol. The van der Waals surface area contributed by atoms with Gasteiger partial charge in [0.25, 0.3) is 5.56 Å². The van der Waals surface area contributed by atoms with Crippen molar-refractivity contribution in [2.75, 3.05) is 18.5 Å². The summed E-state index contributed by atoms with van der Waals surface area (Å²) in [6.07, 6.45) is 8.72. The van der Waals surface area contributed by atoms with Crippen molar-refractivity contribution >= 4 is 22.3 Å². The van der Waals surface area contributed by atoms with Crippen molar-refractivity contribution in [1.29, 1.82) is 0 Å². The first-order chi connectivity index (χ1) is 16.6. The summed E-state index contributed by atoms with van der Waals surface area (Å²) < 4.78 is 7.45. The fourth-order valence-electron chi connectivity index (χ4n) is 4.47. The fourth-order valence-corrected chi connectivity index (χ4v) is 4.47. The Morgan fingerprint density at radius 1 is 1.18 bits per heavy atom. The van der Waals surface area contributed by atoms with Gasteiger partial charge < -0.3 is 15.0 Å². The van der Waals surface area contributed by atoms with Gasteiger partial charge in [0.1, 0.15) is 5.82 Å². The summed E-state index contributed by atoms with van der Waals surface area (Å²) in [6, 6.07) is 12.3. The molecule has 34 heavy (non-hydrogen) atoms. The number of anilines is 2. The summed E-state index contributed by atoms with van der Waals surface area (Å²) in [5, 5.41) is 9.29. The van der Waals surface area contributed by atoms with Crippen LogP contribution in [0.25, 0.3) is 22.0 Å². The predicted molar refractivity (Wildman–Crippen MR) is 136 cm³/mol. The van der Waals surface area contributed by atoms with Gasteiger partial charge in [0.15, 0.2) is 0 Å². The van der Waals surface area contributed by atoms with Crippen molar-refractivity contribution in [3.05, 3.63) is 70.9 Å². The Labute approximate surface area is 199 Å². The molecule has 4 aromatic rings. The maximum absolute atomic E-state index is 12.7. The molecule has 1 aliphatic heterocycles. The molecule has 0 bridgehead atoms. The highest BCUT2D eigenvalue weighted by Crippen LogP contribution is 2.30. The molecule has 1 aliphatic rings. The molecular weight excluding hydrogens is 426 g/mol. The summed E-state index contributed by atoms with van der Waals surface area (Å²) in [5.74, 6) is 1.70. The van der Waals surface area contributed by atoms with E-state index in [1.165, 1.54) is 5.56 Å². The molecule has 0 saturated carbocycles. The van der Waals surface area contributed by atoms with E-state index in [2.05, 4.69) is 53.5 Å². The van der Waals surface area contributed by atoms with Crippen LogP contribution in [-0.4, -0.2) is 33.0 Å². The smallest absolute Gasteiger partial charge is 0.259 e. The van der Waals surface area contributed by atoms with E-state index in [1.54, 1.807) is 6.20 Å². The standard InChI is InChI=1S/C27H31N5O2/c1-18(2)8-12-32-17-22(16-29-32)24-15-21-7-11-28-27(33)25(21)26(31-24)30-23-5-3-19(4-6-23)20-9-13-34-14-10-20/h3-7,11,15-18,20H,8-10,12-14H2,1-2H3,(H,28,33)(H,30,31). The Kier molecular flexibility index (Phi) is 6.45. The van der Waals surface area contributed by atoms with E-state index in [-0.39, 0.29) is 5.56 Å². The largest absolute Gasteiger partial charge is 0.381 e. The van der Waals surface area contributed by atoms with Crippen LogP contribution in [0.2, 0.25) is 0 Å². The van der Waals surface area contributed by atoms with E-state index in [0.29, 0.717) is 23.0 Å².